The molecule has 0 bridgehead atoms. The summed E-state index contributed by atoms with van der Waals surface area (Å²) in [4.78, 5) is 0. The molecule has 0 aromatic carbocycles. The zero-order valence-corrected chi connectivity index (χ0v) is 33.8. The third-order valence-electron chi connectivity index (χ3n) is 7.19. The fourth-order valence-corrected chi connectivity index (χ4v) is 4.32. The maximum atomic E-state index is 9.44. The van der Waals surface area contributed by atoms with Crippen molar-refractivity contribution in [1.82, 2.24) is 0 Å². The van der Waals surface area contributed by atoms with E-state index in [0.29, 0.717) is 79.3 Å². The van der Waals surface area contributed by atoms with E-state index in [1.165, 1.54) is 82.0 Å². The molecular formula is C39H74O17. The van der Waals surface area contributed by atoms with Gasteiger partial charge in [0.25, 0.3) is 0 Å². The van der Waals surface area contributed by atoms with Crippen LogP contribution in [0.1, 0.15) is 58.3 Å². The molecule has 0 radical (unpaired) electrons. The van der Waals surface area contributed by atoms with Gasteiger partial charge in [0.05, 0.1) is 131 Å². The second kappa shape index (κ2) is 47.4. The minimum Gasteiger partial charge on any atom is -0.470 e. The Morgan fingerprint density at radius 1 is 0.357 bits per heavy atom. The van der Waals surface area contributed by atoms with Gasteiger partial charge in [-0.15, -0.1) is 0 Å². The van der Waals surface area contributed by atoms with Crippen molar-refractivity contribution in [3.63, 3.8) is 0 Å². The van der Waals surface area contributed by atoms with E-state index in [0.717, 1.165) is 13.0 Å². The highest BCUT2D eigenvalue weighted by Gasteiger charge is 2.18. The number of rotatable bonds is 47. The summed E-state index contributed by atoms with van der Waals surface area (Å²) in [5.41, 5.74) is 0. The van der Waals surface area contributed by atoms with Crippen molar-refractivity contribution >= 4 is 0 Å². The van der Waals surface area contributed by atoms with E-state index >= 15 is 0 Å². The fraction of sp³-hybridized carbons (Fsp3) is 0.846. The molecule has 0 aliphatic heterocycles. The molecule has 0 aromatic heterocycles. The Kier molecular flexibility index (Phi) is 45.8. The first-order valence-corrected chi connectivity index (χ1v) is 20.0. The Morgan fingerprint density at radius 3 is 1.07 bits per heavy atom. The Labute approximate surface area is 334 Å². The lowest BCUT2D eigenvalue weighted by Gasteiger charge is -2.23. The van der Waals surface area contributed by atoms with Crippen molar-refractivity contribution in [3.8, 4) is 0 Å². The fourth-order valence-electron chi connectivity index (χ4n) is 4.32. The molecule has 3 atom stereocenters. The lowest BCUT2D eigenvalue weighted by Crippen LogP contribution is -2.32. The van der Waals surface area contributed by atoms with Crippen LogP contribution in [0.3, 0.4) is 0 Å². The smallest absolute Gasteiger partial charge is 0.222 e. The second-order valence-corrected chi connectivity index (χ2v) is 11.8. The number of aliphatic hydroxyl groups is 4. The van der Waals surface area contributed by atoms with Gasteiger partial charge in [0.1, 0.15) is 19.8 Å². The number of unbranched alkanes of at least 4 members (excludes halogenated alkanes) is 7. The van der Waals surface area contributed by atoms with Crippen LogP contribution in [0.4, 0.5) is 0 Å². The predicted molar refractivity (Wildman–Crippen MR) is 207 cm³/mol. The summed E-state index contributed by atoms with van der Waals surface area (Å²) in [6.07, 6.45) is 15.3. The maximum Gasteiger partial charge on any atom is 0.222 e. The highest BCUT2D eigenvalue weighted by Crippen LogP contribution is 2.09. The van der Waals surface area contributed by atoms with Gasteiger partial charge in [0, 0.05) is 6.61 Å². The van der Waals surface area contributed by atoms with Crippen LogP contribution in [0.2, 0.25) is 0 Å². The van der Waals surface area contributed by atoms with Crippen molar-refractivity contribution < 1.29 is 82.0 Å². The van der Waals surface area contributed by atoms with Crippen LogP contribution in [0.15, 0.2) is 37.0 Å². The van der Waals surface area contributed by atoms with Crippen LogP contribution < -0.4 is 0 Å². The molecule has 0 fully saturated rings. The number of hydrogen-bond acceptors (Lipinski definition) is 17. The van der Waals surface area contributed by atoms with Crippen LogP contribution in [0.5, 0.6) is 0 Å². The average Bonchev–Trinajstić information content (AvgIpc) is 3.21. The largest absolute Gasteiger partial charge is 0.470 e. The molecule has 332 valence electrons. The number of aliphatic hydroxyl groups excluding tert-OH is 4. The van der Waals surface area contributed by atoms with E-state index < -0.39 is 25.5 Å². The van der Waals surface area contributed by atoms with E-state index in [1.54, 1.807) is 0 Å². The molecule has 0 aromatic rings. The molecule has 0 aliphatic rings. The van der Waals surface area contributed by atoms with Crippen molar-refractivity contribution in [2.75, 3.05) is 139 Å². The summed E-state index contributed by atoms with van der Waals surface area (Å²) >= 11 is 0. The zero-order valence-electron chi connectivity index (χ0n) is 33.8. The zero-order chi connectivity index (χ0) is 40.7. The Hall–Kier alpha value is -1.94. The molecule has 0 heterocycles. The summed E-state index contributed by atoms with van der Waals surface area (Å²) < 4.78 is 71.7. The highest BCUT2D eigenvalue weighted by atomic mass is 16.7. The Bertz CT molecular complexity index is 835. The topological polar surface area (TPSA) is 201 Å². The third kappa shape index (κ3) is 41.7. The standard InChI is InChI=1S/C39H74O17/c1-2-3-4-5-6-7-8-9-16-44-20-21-45-22-23-46-24-25-47-26-27-48-28-29-49-30-31-50-32-33-54-38(52-18-11-14-41)35-56-39(53-19-12-15-42)36-55-37(34-43)51-17-10-13-40/h10-12,17-19,37-43H,2-9,13-16,20-36H2,1H3/b17-10+,18-11+,19-12+. The van der Waals surface area contributed by atoms with Crippen molar-refractivity contribution in [1.29, 1.82) is 0 Å². The van der Waals surface area contributed by atoms with Gasteiger partial charge in [-0.25, -0.2) is 0 Å². The van der Waals surface area contributed by atoms with Gasteiger partial charge in [-0.05, 0) is 24.6 Å². The summed E-state index contributed by atoms with van der Waals surface area (Å²) in [5.74, 6) is 0. The first-order chi connectivity index (χ1) is 27.7. The Balaban J connectivity index is 3.79. The van der Waals surface area contributed by atoms with Crippen molar-refractivity contribution in [2.24, 2.45) is 0 Å². The van der Waals surface area contributed by atoms with Gasteiger partial charge in [-0.1, -0.05) is 51.9 Å². The van der Waals surface area contributed by atoms with Gasteiger partial charge >= 0.3 is 0 Å². The number of ether oxygens (including phenoxy) is 13. The molecule has 17 heteroatoms. The lowest BCUT2D eigenvalue weighted by molar-refractivity contribution is -0.227. The summed E-state index contributed by atoms with van der Waals surface area (Å²) in [6.45, 7) is 7.79. The quantitative estimate of drug-likeness (QED) is 0.0397. The molecule has 3 unspecified atom stereocenters. The molecule has 0 aliphatic carbocycles. The minimum absolute atomic E-state index is 0.112. The molecule has 56 heavy (non-hydrogen) atoms. The summed E-state index contributed by atoms with van der Waals surface area (Å²) in [6, 6.07) is 0. The van der Waals surface area contributed by atoms with Crippen LogP contribution in [-0.2, 0) is 61.6 Å². The van der Waals surface area contributed by atoms with Gasteiger partial charge in [-0.2, -0.15) is 0 Å². The SMILES string of the molecule is CCCCCCCCCCOCCOCCOCCOCCOCCOCCOCCOC(COC(COC(CO)O/C=C/CO)O/C=C/CO)O/C=C/CO. The molecular weight excluding hydrogens is 740 g/mol. The van der Waals surface area contributed by atoms with Crippen LogP contribution in [0.25, 0.3) is 0 Å². The normalized spacial score (nSPS) is 13.7. The van der Waals surface area contributed by atoms with Crippen LogP contribution in [0, 0.1) is 0 Å². The van der Waals surface area contributed by atoms with Gasteiger partial charge in [0.2, 0.25) is 18.9 Å². The molecule has 4 N–H and O–H groups in total. The Morgan fingerprint density at radius 2 is 0.679 bits per heavy atom. The van der Waals surface area contributed by atoms with E-state index in [-0.39, 0.29) is 46.2 Å². The first-order valence-electron chi connectivity index (χ1n) is 20.0. The molecule has 0 saturated carbocycles. The highest BCUT2D eigenvalue weighted by molar-refractivity contribution is 4.74. The van der Waals surface area contributed by atoms with Crippen molar-refractivity contribution in [3.05, 3.63) is 37.0 Å². The van der Waals surface area contributed by atoms with Gasteiger partial charge < -0.3 is 82.0 Å². The molecule has 17 nitrogen and oxygen atoms in total. The van der Waals surface area contributed by atoms with Crippen LogP contribution >= 0.6 is 0 Å². The molecule has 0 amide bonds. The monoisotopic (exact) mass is 814 g/mol. The van der Waals surface area contributed by atoms with Gasteiger partial charge in [0.15, 0.2) is 0 Å². The van der Waals surface area contributed by atoms with E-state index in [1.807, 2.05) is 0 Å². The lowest BCUT2D eigenvalue weighted by atomic mass is 10.1. The van der Waals surface area contributed by atoms with Crippen LogP contribution in [-0.4, -0.2) is 178 Å². The van der Waals surface area contributed by atoms with E-state index in [9.17, 15) is 5.11 Å². The minimum atomic E-state index is -1.03. The second-order valence-electron chi connectivity index (χ2n) is 11.8. The predicted octanol–water partition coefficient (Wildman–Crippen LogP) is 2.83. The molecule has 0 rings (SSSR count). The third-order valence-corrected chi connectivity index (χ3v) is 7.19. The maximum absolute atomic E-state index is 9.44. The van der Waals surface area contributed by atoms with Gasteiger partial charge in [-0.3, -0.25) is 0 Å². The van der Waals surface area contributed by atoms with E-state index in [4.69, 9.17) is 76.9 Å². The molecule has 0 spiro atoms. The average molecular weight is 815 g/mol. The summed E-state index contributed by atoms with van der Waals surface area (Å²) in [7, 11) is 0. The molecule has 0 saturated heterocycles. The first kappa shape index (κ1) is 54.1. The number of hydrogen-bond donors (Lipinski definition) is 4. The van der Waals surface area contributed by atoms with Crippen molar-refractivity contribution in [2.45, 2.75) is 77.2 Å². The van der Waals surface area contributed by atoms with E-state index in [2.05, 4.69) is 6.92 Å². The summed E-state index contributed by atoms with van der Waals surface area (Å²) in [5, 5.41) is 36.3.